The molecule has 4 aliphatic rings. The van der Waals surface area contributed by atoms with E-state index < -0.39 is 0 Å². The molecule has 1 aromatic heterocycles. The highest BCUT2D eigenvalue weighted by Crippen LogP contribution is 2.70. The van der Waals surface area contributed by atoms with Crippen LogP contribution in [0.5, 0.6) is 0 Å². The van der Waals surface area contributed by atoms with Crippen LogP contribution in [-0.2, 0) is 0 Å². The van der Waals surface area contributed by atoms with Gasteiger partial charge in [0.25, 0.3) is 0 Å². The molecular weight excluding hydrogens is 394 g/mol. The van der Waals surface area contributed by atoms with Gasteiger partial charge in [-0.1, -0.05) is 38.0 Å². The topological polar surface area (TPSA) is 64.9 Å². The van der Waals surface area contributed by atoms with E-state index in [-0.39, 0.29) is 0 Å². The third-order valence-electron chi connectivity index (χ3n) is 7.52. The number of nitrogens with one attached hydrogen (secondary N) is 2. The van der Waals surface area contributed by atoms with E-state index in [0.717, 1.165) is 47.3 Å². The van der Waals surface area contributed by atoms with Crippen molar-refractivity contribution in [3.63, 3.8) is 0 Å². The van der Waals surface area contributed by atoms with Crippen LogP contribution in [-0.4, -0.2) is 29.3 Å². The number of rotatable bonds is 4. The number of anilines is 3. The molecule has 32 heavy (non-hydrogen) atoms. The maximum atomic E-state index is 7.50. The molecule has 1 saturated heterocycles. The van der Waals surface area contributed by atoms with Crippen molar-refractivity contribution in [1.29, 1.82) is 5.41 Å². The van der Waals surface area contributed by atoms with Crippen LogP contribution in [0.15, 0.2) is 36.7 Å². The first-order chi connectivity index (χ1) is 15.4. The Kier molecular flexibility index (Phi) is 5.00. The Morgan fingerprint density at radius 3 is 2.53 bits per heavy atom. The molecular formula is C27H33N5. The highest BCUT2D eigenvalue weighted by Gasteiger charge is 2.62. The van der Waals surface area contributed by atoms with E-state index in [4.69, 9.17) is 5.41 Å². The van der Waals surface area contributed by atoms with E-state index in [1.54, 1.807) is 6.33 Å². The molecule has 3 aliphatic carbocycles. The van der Waals surface area contributed by atoms with Gasteiger partial charge in [0.15, 0.2) is 0 Å². The zero-order valence-corrected chi connectivity index (χ0v) is 19.4. The number of aromatic nitrogens is 2. The average molecular weight is 428 g/mol. The van der Waals surface area contributed by atoms with Gasteiger partial charge in [-0.05, 0) is 55.9 Å². The van der Waals surface area contributed by atoms with E-state index in [2.05, 4.69) is 45.9 Å². The van der Waals surface area contributed by atoms with Crippen molar-refractivity contribution in [1.82, 2.24) is 9.97 Å². The third-order valence-corrected chi connectivity index (χ3v) is 7.52. The molecule has 6 rings (SSSR count). The van der Waals surface area contributed by atoms with Gasteiger partial charge in [-0.15, -0.1) is 5.92 Å². The van der Waals surface area contributed by atoms with Gasteiger partial charge in [0, 0.05) is 48.0 Å². The molecule has 5 nitrogen and oxygen atoms in total. The first-order valence-electron chi connectivity index (χ1n) is 11.7. The lowest BCUT2D eigenvalue weighted by molar-refractivity contribution is -0.0361. The van der Waals surface area contributed by atoms with Gasteiger partial charge in [-0.2, -0.15) is 0 Å². The molecule has 1 atom stereocenters. The van der Waals surface area contributed by atoms with Crippen molar-refractivity contribution in [3.05, 3.63) is 42.2 Å². The molecule has 0 bridgehead atoms. The molecule has 166 valence electrons. The normalized spacial score (nSPS) is 24.1. The Morgan fingerprint density at radius 2 is 1.91 bits per heavy atom. The molecule has 1 aliphatic heterocycles. The molecule has 1 unspecified atom stereocenters. The number of para-hydroxylation sites is 1. The summed E-state index contributed by atoms with van der Waals surface area (Å²) in [5.41, 5.74) is 3.56. The van der Waals surface area contributed by atoms with Crippen LogP contribution in [0.2, 0.25) is 0 Å². The summed E-state index contributed by atoms with van der Waals surface area (Å²) in [4.78, 5) is 11.1. The van der Waals surface area contributed by atoms with Gasteiger partial charge in [0.05, 0.1) is 0 Å². The maximum absolute atomic E-state index is 7.50. The summed E-state index contributed by atoms with van der Waals surface area (Å²) in [5, 5.41) is 10.8. The number of nitrogens with zero attached hydrogens (tertiary/aromatic N) is 3. The molecule has 4 fully saturated rings. The van der Waals surface area contributed by atoms with E-state index >= 15 is 0 Å². The molecule has 0 radical (unpaired) electrons. The highest BCUT2D eigenvalue weighted by molar-refractivity contribution is 5.87. The van der Waals surface area contributed by atoms with E-state index in [0.29, 0.717) is 10.8 Å². The van der Waals surface area contributed by atoms with Gasteiger partial charge in [0.1, 0.15) is 18.0 Å². The molecule has 1 aromatic carbocycles. The van der Waals surface area contributed by atoms with Crippen molar-refractivity contribution >= 4 is 23.5 Å². The third kappa shape index (κ3) is 4.11. The van der Waals surface area contributed by atoms with E-state index in [1.807, 2.05) is 37.3 Å². The fourth-order valence-corrected chi connectivity index (χ4v) is 6.03. The Labute approximate surface area is 191 Å². The van der Waals surface area contributed by atoms with Crippen LogP contribution >= 0.6 is 0 Å². The first kappa shape index (κ1) is 21.0. The standard InChI is InChI=1S/C19H23N5.C8H10/c1-18(2)9-19(10-18)11-24(12-19)17-7-16(21-13-22-17)23-15-6-4-3-5-14(15)8-20;1-2-3-7-6-8(7)4-5-8/h3-8,13,20H,9-12H2,1-2H3,(H,21,22,23);7H,4-6H2,1H3. The second-order valence-corrected chi connectivity index (χ2v) is 11.0. The summed E-state index contributed by atoms with van der Waals surface area (Å²) in [6.45, 7) is 8.85. The molecule has 2 spiro atoms. The lowest BCUT2D eigenvalue weighted by atomic mass is 9.51. The minimum Gasteiger partial charge on any atom is -0.355 e. The van der Waals surface area contributed by atoms with Crippen LogP contribution in [0.3, 0.4) is 0 Å². The summed E-state index contributed by atoms with van der Waals surface area (Å²) in [6.07, 6.45) is 9.94. The summed E-state index contributed by atoms with van der Waals surface area (Å²) in [7, 11) is 0. The Hall–Kier alpha value is -2.87. The fraction of sp³-hybridized carbons (Fsp3) is 0.519. The molecule has 2 heterocycles. The predicted octanol–water partition coefficient (Wildman–Crippen LogP) is 5.65. The Bertz CT molecular complexity index is 1070. The lowest BCUT2D eigenvalue weighted by Gasteiger charge is -2.63. The second-order valence-electron chi connectivity index (χ2n) is 11.0. The van der Waals surface area contributed by atoms with Crippen molar-refractivity contribution < 1.29 is 0 Å². The van der Waals surface area contributed by atoms with Crippen molar-refractivity contribution in [3.8, 4) is 11.8 Å². The zero-order valence-electron chi connectivity index (χ0n) is 19.4. The van der Waals surface area contributed by atoms with Crippen LogP contribution in [0, 0.1) is 39.4 Å². The Morgan fingerprint density at radius 1 is 1.16 bits per heavy atom. The molecule has 5 heteroatoms. The van der Waals surface area contributed by atoms with Crippen molar-refractivity contribution in [2.24, 2.45) is 22.2 Å². The van der Waals surface area contributed by atoms with Crippen LogP contribution in [0.1, 0.15) is 58.4 Å². The maximum Gasteiger partial charge on any atom is 0.135 e. The van der Waals surface area contributed by atoms with Crippen LogP contribution < -0.4 is 10.2 Å². The van der Waals surface area contributed by atoms with Gasteiger partial charge >= 0.3 is 0 Å². The summed E-state index contributed by atoms with van der Waals surface area (Å²) < 4.78 is 0. The number of hydrogen-bond acceptors (Lipinski definition) is 5. The first-order valence-corrected chi connectivity index (χ1v) is 11.7. The minimum atomic E-state index is 0.515. The van der Waals surface area contributed by atoms with Gasteiger partial charge in [0.2, 0.25) is 0 Å². The van der Waals surface area contributed by atoms with Crippen molar-refractivity contribution in [2.75, 3.05) is 23.3 Å². The van der Waals surface area contributed by atoms with E-state index in [1.165, 1.54) is 38.3 Å². The second kappa shape index (κ2) is 7.62. The quantitative estimate of drug-likeness (QED) is 0.488. The SMILES string of the molecule is CC#CC1CC12CC2.CC1(C)CC2(CN(c3cc(Nc4ccccc4C=N)ncn3)C2)C1. The molecule has 2 aromatic rings. The summed E-state index contributed by atoms with van der Waals surface area (Å²) in [5.74, 6) is 8.76. The zero-order chi connectivity index (χ0) is 22.4. The average Bonchev–Trinajstić information content (AvgIpc) is 3.65. The fourth-order valence-electron chi connectivity index (χ4n) is 6.03. The Balaban J connectivity index is 0.000000225. The van der Waals surface area contributed by atoms with Crippen LogP contribution in [0.25, 0.3) is 0 Å². The molecule has 0 amide bonds. The number of benzene rings is 1. The van der Waals surface area contributed by atoms with Gasteiger partial charge < -0.3 is 15.6 Å². The largest absolute Gasteiger partial charge is 0.355 e. The van der Waals surface area contributed by atoms with Crippen LogP contribution in [0.4, 0.5) is 17.3 Å². The molecule has 3 saturated carbocycles. The van der Waals surface area contributed by atoms with E-state index in [9.17, 15) is 0 Å². The monoisotopic (exact) mass is 427 g/mol. The minimum absolute atomic E-state index is 0.515. The highest BCUT2D eigenvalue weighted by atomic mass is 15.3. The molecule has 2 N–H and O–H groups in total. The van der Waals surface area contributed by atoms with Gasteiger partial charge in [-0.25, -0.2) is 9.97 Å². The van der Waals surface area contributed by atoms with Gasteiger partial charge in [-0.3, -0.25) is 0 Å². The van der Waals surface area contributed by atoms with Crippen molar-refractivity contribution in [2.45, 2.75) is 52.9 Å². The number of hydrogen-bond donors (Lipinski definition) is 2. The smallest absolute Gasteiger partial charge is 0.135 e. The summed E-state index contributed by atoms with van der Waals surface area (Å²) in [6, 6.07) is 9.75. The summed E-state index contributed by atoms with van der Waals surface area (Å²) >= 11 is 0. The lowest BCUT2D eigenvalue weighted by Crippen LogP contribution is -2.64. The predicted molar refractivity (Wildman–Crippen MR) is 131 cm³/mol.